The Morgan fingerprint density at radius 1 is 1.25 bits per heavy atom. The minimum absolute atomic E-state index is 0.311. The van der Waals surface area contributed by atoms with Crippen LogP contribution in [0.3, 0.4) is 0 Å². The molecule has 0 aliphatic carbocycles. The molecule has 0 fully saturated rings. The van der Waals surface area contributed by atoms with Gasteiger partial charge >= 0.3 is 0 Å². The fraction of sp³-hybridized carbons (Fsp3) is 0.222. The third-order valence-corrected chi connectivity index (χ3v) is 2.95. The highest BCUT2D eigenvalue weighted by atomic mass is 35.5. The Hall–Kier alpha value is -0.840. The zero-order valence-corrected chi connectivity index (χ0v) is 10.6. The lowest BCUT2D eigenvalue weighted by molar-refractivity contribution is 0.804. The molecule has 2 rings (SSSR count). The Morgan fingerprint density at radius 3 is 2.50 bits per heavy atom. The fourth-order valence-corrected chi connectivity index (χ4v) is 2.07. The van der Waals surface area contributed by atoms with Gasteiger partial charge in [-0.25, -0.2) is 4.68 Å². The summed E-state index contributed by atoms with van der Waals surface area (Å²) in [6.07, 6.45) is 0. The molecule has 0 spiro atoms. The van der Waals surface area contributed by atoms with E-state index in [-0.39, 0.29) is 0 Å². The van der Waals surface area contributed by atoms with E-state index >= 15 is 0 Å². The van der Waals surface area contributed by atoms with Crippen LogP contribution in [-0.4, -0.2) is 20.0 Å². The lowest BCUT2D eigenvalue weighted by Crippen LogP contribution is -2.01. The second-order valence-electron chi connectivity index (χ2n) is 3.11. The van der Waals surface area contributed by atoms with Crippen molar-refractivity contribution in [2.24, 2.45) is 0 Å². The fourth-order valence-electron chi connectivity index (χ4n) is 1.26. The van der Waals surface area contributed by atoms with E-state index in [2.05, 4.69) is 15.3 Å². The van der Waals surface area contributed by atoms with Gasteiger partial charge in [-0.2, -0.15) is 5.10 Å². The molecule has 2 heterocycles. The molecule has 0 aromatic carbocycles. The number of hydrogen-bond donors (Lipinski definition) is 0. The molecule has 84 valence electrons. The van der Waals surface area contributed by atoms with Gasteiger partial charge in [0.1, 0.15) is 5.15 Å². The standard InChI is InChI=1S/C9H7Cl3N4/c1-5-6(4-10)9(12)16(15-5)8-3-2-7(11)13-14-8/h2-3H,4H2,1H3. The van der Waals surface area contributed by atoms with Crippen molar-refractivity contribution in [1.29, 1.82) is 0 Å². The smallest absolute Gasteiger partial charge is 0.177 e. The molecule has 2 aromatic rings. The maximum atomic E-state index is 6.12. The summed E-state index contributed by atoms with van der Waals surface area (Å²) in [6.45, 7) is 1.84. The van der Waals surface area contributed by atoms with Crippen LogP contribution in [0.1, 0.15) is 11.3 Å². The number of nitrogens with zero attached hydrogens (tertiary/aromatic N) is 4. The summed E-state index contributed by atoms with van der Waals surface area (Å²) in [6, 6.07) is 3.31. The number of rotatable bonds is 2. The number of alkyl halides is 1. The van der Waals surface area contributed by atoms with Gasteiger partial charge in [-0.3, -0.25) is 0 Å². The third kappa shape index (κ3) is 2.00. The molecule has 0 atom stereocenters. The van der Waals surface area contributed by atoms with E-state index in [1.807, 2.05) is 6.92 Å². The molecular formula is C9H7Cl3N4. The molecule has 0 unspecified atom stereocenters. The van der Waals surface area contributed by atoms with Crippen LogP contribution in [0, 0.1) is 6.92 Å². The van der Waals surface area contributed by atoms with Gasteiger partial charge < -0.3 is 0 Å². The SMILES string of the molecule is Cc1nn(-c2ccc(Cl)nn2)c(Cl)c1CCl. The molecule has 16 heavy (non-hydrogen) atoms. The molecule has 0 aliphatic rings. The van der Waals surface area contributed by atoms with Crippen molar-refractivity contribution in [2.45, 2.75) is 12.8 Å². The van der Waals surface area contributed by atoms with E-state index in [1.54, 1.807) is 12.1 Å². The summed E-state index contributed by atoms with van der Waals surface area (Å²) in [5, 5.41) is 12.6. The van der Waals surface area contributed by atoms with Crippen molar-refractivity contribution in [1.82, 2.24) is 20.0 Å². The van der Waals surface area contributed by atoms with E-state index in [9.17, 15) is 0 Å². The molecule has 7 heteroatoms. The predicted molar refractivity (Wildman–Crippen MR) is 63.5 cm³/mol. The van der Waals surface area contributed by atoms with Crippen LogP contribution in [0.2, 0.25) is 10.3 Å². The molecule has 0 radical (unpaired) electrons. The van der Waals surface area contributed by atoms with Crippen LogP contribution in [0.25, 0.3) is 5.82 Å². The van der Waals surface area contributed by atoms with Crippen LogP contribution in [0.4, 0.5) is 0 Å². The molecule has 0 N–H and O–H groups in total. The molecule has 0 bridgehead atoms. The van der Waals surface area contributed by atoms with Crippen molar-refractivity contribution in [3.05, 3.63) is 33.7 Å². The van der Waals surface area contributed by atoms with Gasteiger partial charge in [-0.15, -0.1) is 21.8 Å². The van der Waals surface area contributed by atoms with Crippen LogP contribution >= 0.6 is 34.8 Å². The maximum Gasteiger partial charge on any atom is 0.177 e. The van der Waals surface area contributed by atoms with Crippen molar-refractivity contribution in [3.63, 3.8) is 0 Å². The highest BCUT2D eigenvalue weighted by Gasteiger charge is 2.14. The summed E-state index contributed by atoms with van der Waals surface area (Å²) in [5.74, 6) is 0.819. The van der Waals surface area contributed by atoms with Crippen molar-refractivity contribution in [3.8, 4) is 5.82 Å². The lowest BCUT2D eigenvalue weighted by Gasteiger charge is -2.00. The first-order valence-electron chi connectivity index (χ1n) is 4.43. The summed E-state index contributed by atoms with van der Waals surface area (Å²) in [4.78, 5) is 0. The number of aryl methyl sites for hydroxylation is 1. The van der Waals surface area contributed by atoms with Crippen LogP contribution in [0.5, 0.6) is 0 Å². The number of halogens is 3. The number of hydrogen-bond acceptors (Lipinski definition) is 3. The molecule has 0 amide bonds. The van der Waals surface area contributed by atoms with E-state index in [1.165, 1.54) is 4.68 Å². The summed E-state index contributed by atoms with van der Waals surface area (Å²) in [7, 11) is 0. The first-order chi connectivity index (χ1) is 7.63. The van der Waals surface area contributed by atoms with Gasteiger partial charge in [-0.1, -0.05) is 23.2 Å². The average molecular weight is 278 g/mol. The van der Waals surface area contributed by atoms with Gasteiger partial charge in [0.15, 0.2) is 11.0 Å². The van der Waals surface area contributed by atoms with Gasteiger partial charge in [-0.05, 0) is 19.1 Å². The zero-order chi connectivity index (χ0) is 11.7. The highest BCUT2D eigenvalue weighted by molar-refractivity contribution is 6.31. The normalized spacial score (nSPS) is 10.8. The lowest BCUT2D eigenvalue weighted by atomic mass is 10.3. The Morgan fingerprint density at radius 2 is 2.00 bits per heavy atom. The average Bonchev–Trinajstić information content (AvgIpc) is 2.55. The van der Waals surface area contributed by atoms with Crippen LogP contribution in [0.15, 0.2) is 12.1 Å². The van der Waals surface area contributed by atoms with E-state index < -0.39 is 0 Å². The van der Waals surface area contributed by atoms with Gasteiger partial charge in [0.25, 0.3) is 0 Å². The van der Waals surface area contributed by atoms with Crippen molar-refractivity contribution < 1.29 is 0 Å². The van der Waals surface area contributed by atoms with E-state index in [4.69, 9.17) is 34.8 Å². The molecule has 0 aliphatic heterocycles. The van der Waals surface area contributed by atoms with Crippen LogP contribution in [-0.2, 0) is 5.88 Å². The van der Waals surface area contributed by atoms with Crippen molar-refractivity contribution in [2.75, 3.05) is 0 Å². The molecule has 0 saturated carbocycles. The minimum Gasteiger partial charge on any atom is -0.201 e. The second-order valence-corrected chi connectivity index (χ2v) is 4.13. The summed E-state index contributed by atoms with van der Waals surface area (Å²) < 4.78 is 1.48. The second kappa shape index (κ2) is 4.57. The third-order valence-electron chi connectivity index (χ3n) is 2.09. The Kier molecular flexibility index (Phi) is 3.33. The minimum atomic E-state index is 0.311. The first kappa shape index (κ1) is 11.6. The van der Waals surface area contributed by atoms with Gasteiger partial charge in [0.2, 0.25) is 0 Å². The quantitative estimate of drug-likeness (QED) is 0.793. The Labute approximate surface area is 107 Å². The van der Waals surface area contributed by atoms with E-state index in [0.29, 0.717) is 22.0 Å². The predicted octanol–water partition coefficient (Wildman–Crippen LogP) is 3.02. The maximum absolute atomic E-state index is 6.12. The molecule has 4 nitrogen and oxygen atoms in total. The molecular weight excluding hydrogens is 270 g/mol. The zero-order valence-electron chi connectivity index (χ0n) is 8.28. The Balaban J connectivity index is 2.52. The monoisotopic (exact) mass is 276 g/mol. The highest BCUT2D eigenvalue weighted by Crippen LogP contribution is 2.23. The van der Waals surface area contributed by atoms with E-state index in [0.717, 1.165) is 11.3 Å². The molecule has 0 saturated heterocycles. The topological polar surface area (TPSA) is 43.6 Å². The summed E-state index contributed by atoms with van der Waals surface area (Å²) >= 11 is 17.5. The number of aromatic nitrogens is 4. The Bertz CT molecular complexity index is 506. The largest absolute Gasteiger partial charge is 0.201 e. The molecule has 2 aromatic heterocycles. The summed E-state index contributed by atoms with van der Waals surface area (Å²) in [5.41, 5.74) is 1.57. The van der Waals surface area contributed by atoms with Crippen LogP contribution < -0.4 is 0 Å². The van der Waals surface area contributed by atoms with Crippen molar-refractivity contribution >= 4 is 34.8 Å². The first-order valence-corrected chi connectivity index (χ1v) is 5.72. The van der Waals surface area contributed by atoms with Gasteiger partial charge in [0.05, 0.1) is 11.6 Å². The van der Waals surface area contributed by atoms with Gasteiger partial charge in [0, 0.05) is 5.56 Å².